The van der Waals surface area contributed by atoms with Crippen LogP contribution in [-0.2, 0) is 0 Å². The molecule has 4 rings (SSSR count). The maximum Gasteiger partial charge on any atom is 0.225 e. The Hall–Kier alpha value is -4.38. The van der Waals surface area contributed by atoms with Gasteiger partial charge in [0.1, 0.15) is 6.34 Å². The third kappa shape index (κ3) is 5.95. The molecule has 0 aliphatic rings. The number of nitrogens with zero attached hydrogens (tertiary/aromatic N) is 4. The number of aryl methyl sites for hydroxylation is 4. The lowest BCUT2D eigenvalue weighted by Crippen LogP contribution is -2.33. The van der Waals surface area contributed by atoms with Crippen LogP contribution in [0.5, 0.6) is 0 Å². The Labute approximate surface area is 207 Å². The van der Waals surface area contributed by atoms with E-state index in [9.17, 15) is 0 Å². The lowest BCUT2D eigenvalue weighted by Gasteiger charge is -2.24. The average Bonchev–Trinajstić information content (AvgIpc) is 2.86. The molecule has 0 aromatic heterocycles. The summed E-state index contributed by atoms with van der Waals surface area (Å²) in [4.78, 5) is 3.90. The fraction of sp³-hybridized carbons (Fsp3) is 0.133. The van der Waals surface area contributed by atoms with E-state index in [1.54, 1.807) is 6.34 Å². The van der Waals surface area contributed by atoms with Gasteiger partial charge in [-0.3, -0.25) is 9.80 Å². The molecule has 4 aromatic carbocycles. The monoisotopic (exact) mass is 461 g/mol. The van der Waals surface area contributed by atoms with E-state index in [4.69, 9.17) is 5.73 Å². The number of guanidine groups is 1. The lowest BCUT2D eigenvalue weighted by molar-refractivity contribution is 1.16. The van der Waals surface area contributed by atoms with Crippen molar-refractivity contribution < 1.29 is 0 Å². The first-order valence-electron chi connectivity index (χ1n) is 11.6. The number of hydrogen-bond acceptors (Lipinski definition) is 2. The van der Waals surface area contributed by atoms with Gasteiger partial charge in [0.2, 0.25) is 5.96 Å². The minimum atomic E-state index is 0.279. The molecule has 0 unspecified atom stereocenters. The van der Waals surface area contributed by atoms with Crippen molar-refractivity contribution in [3.8, 4) is 0 Å². The van der Waals surface area contributed by atoms with Gasteiger partial charge >= 0.3 is 0 Å². The Morgan fingerprint density at radius 1 is 0.543 bits per heavy atom. The van der Waals surface area contributed by atoms with Crippen molar-refractivity contribution in [1.82, 2.24) is 0 Å². The molecule has 0 bridgehead atoms. The number of rotatable bonds is 6. The first kappa shape index (κ1) is 23.8. The van der Waals surface area contributed by atoms with Crippen LogP contribution in [-0.4, -0.2) is 12.3 Å². The normalized spacial score (nSPS) is 11.6. The van der Waals surface area contributed by atoms with Crippen molar-refractivity contribution in [2.24, 2.45) is 15.9 Å². The Morgan fingerprint density at radius 3 is 1.20 bits per heavy atom. The van der Waals surface area contributed by atoms with Gasteiger partial charge < -0.3 is 5.73 Å². The maximum atomic E-state index is 6.51. The van der Waals surface area contributed by atoms with Gasteiger partial charge in [0, 0.05) is 22.7 Å². The fourth-order valence-electron chi connectivity index (χ4n) is 3.68. The van der Waals surface area contributed by atoms with Crippen LogP contribution < -0.4 is 15.5 Å². The number of anilines is 4. The van der Waals surface area contributed by atoms with E-state index in [-0.39, 0.29) is 5.96 Å². The number of nitrogens with two attached hydrogens (primary N) is 1. The summed E-state index contributed by atoms with van der Waals surface area (Å²) in [6, 6.07) is 33.0. The first-order chi connectivity index (χ1) is 16.9. The van der Waals surface area contributed by atoms with E-state index in [0.29, 0.717) is 0 Å². The molecule has 0 amide bonds. The predicted octanol–water partition coefficient (Wildman–Crippen LogP) is 7.15. The lowest BCUT2D eigenvalue weighted by atomic mass is 10.2. The second-order valence-corrected chi connectivity index (χ2v) is 8.74. The molecule has 2 N–H and O–H groups in total. The summed E-state index contributed by atoms with van der Waals surface area (Å²) in [5.41, 5.74) is 15.1. The van der Waals surface area contributed by atoms with Crippen LogP contribution in [0.3, 0.4) is 0 Å². The van der Waals surface area contributed by atoms with Gasteiger partial charge in [-0.15, -0.1) is 10.2 Å². The third-order valence-corrected chi connectivity index (χ3v) is 5.77. The molecule has 0 spiro atoms. The van der Waals surface area contributed by atoms with Gasteiger partial charge in [-0.05, 0) is 76.2 Å². The smallest absolute Gasteiger partial charge is 0.225 e. The second kappa shape index (κ2) is 10.7. The topological polar surface area (TPSA) is 57.2 Å². The molecule has 4 aromatic rings. The zero-order valence-corrected chi connectivity index (χ0v) is 20.7. The zero-order chi connectivity index (χ0) is 24.8. The predicted molar refractivity (Wildman–Crippen MR) is 149 cm³/mol. The molecule has 0 fully saturated rings. The molecule has 0 radical (unpaired) electrons. The molecule has 0 saturated carbocycles. The Morgan fingerprint density at radius 2 is 0.857 bits per heavy atom. The molecular weight excluding hydrogens is 430 g/mol. The highest BCUT2D eigenvalue weighted by atomic mass is 15.4. The minimum absolute atomic E-state index is 0.279. The van der Waals surface area contributed by atoms with Crippen LogP contribution in [0.25, 0.3) is 0 Å². The second-order valence-electron chi connectivity index (χ2n) is 8.74. The van der Waals surface area contributed by atoms with Crippen molar-refractivity contribution in [3.05, 3.63) is 119 Å². The summed E-state index contributed by atoms with van der Waals surface area (Å²) in [7, 11) is 0. The molecule has 0 saturated heterocycles. The van der Waals surface area contributed by atoms with Crippen molar-refractivity contribution in [3.63, 3.8) is 0 Å². The quantitative estimate of drug-likeness (QED) is 0.188. The summed E-state index contributed by atoms with van der Waals surface area (Å²) >= 11 is 0. The zero-order valence-electron chi connectivity index (χ0n) is 20.7. The Balaban J connectivity index is 1.69. The largest absolute Gasteiger partial charge is 0.368 e. The van der Waals surface area contributed by atoms with Crippen LogP contribution in [0, 0.1) is 27.7 Å². The van der Waals surface area contributed by atoms with E-state index < -0.39 is 0 Å². The number of benzene rings is 4. The summed E-state index contributed by atoms with van der Waals surface area (Å²) in [6.45, 7) is 8.27. The van der Waals surface area contributed by atoms with Gasteiger partial charge in [-0.1, -0.05) is 70.8 Å². The standard InChI is InChI=1S/C30H31N5/c1-22-5-13-26(14-6-22)34(27-15-7-23(2)8-16-27)21-32-33-30(31)35(28-17-9-24(3)10-18-28)29-19-11-25(4)12-20-29/h5-21H,1-4H3,(H2,31,33)/b32-21+. The van der Waals surface area contributed by atoms with Gasteiger partial charge in [-0.25, -0.2) is 0 Å². The molecule has 0 aliphatic heterocycles. The Kier molecular flexibility index (Phi) is 7.27. The number of hydrogen-bond donors (Lipinski definition) is 1. The van der Waals surface area contributed by atoms with Crippen LogP contribution >= 0.6 is 0 Å². The summed E-state index contributed by atoms with van der Waals surface area (Å²) in [5, 5.41) is 8.79. The fourth-order valence-corrected chi connectivity index (χ4v) is 3.68. The molecule has 5 nitrogen and oxygen atoms in total. The van der Waals surface area contributed by atoms with Crippen LogP contribution in [0.4, 0.5) is 22.7 Å². The summed E-state index contributed by atoms with van der Waals surface area (Å²) < 4.78 is 0. The van der Waals surface area contributed by atoms with Crippen molar-refractivity contribution in [2.45, 2.75) is 27.7 Å². The van der Waals surface area contributed by atoms with Crippen LogP contribution in [0.15, 0.2) is 107 Å². The van der Waals surface area contributed by atoms with Crippen molar-refractivity contribution in [1.29, 1.82) is 0 Å². The van der Waals surface area contributed by atoms with Gasteiger partial charge in [0.15, 0.2) is 0 Å². The molecule has 0 aliphatic carbocycles. The van der Waals surface area contributed by atoms with Gasteiger partial charge in [0.05, 0.1) is 0 Å². The van der Waals surface area contributed by atoms with E-state index in [0.717, 1.165) is 22.7 Å². The highest BCUT2D eigenvalue weighted by molar-refractivity contribution is 6.02. The molecule has 5 heteroatoms. The van der Waals surface area contributed by atoms with Crippen LogP contribution in [0.1, 0.15) is 22.3 Å². The van der Waals surface area contributed by atoms with Crippen molar-refractivity contribution in [2.75, 3.05) is 9.80 Å². The first-order valence-corrected chi connectivity index (χ1v) is 11.6. The van der Waals surface area contributed by atoms with Crippen LogP contribution in [0.2, 0.25) is 0 Å². The van der Waals surface area contributed by atoms with E-state index in [1.165, 1.54) is 22.3 Å². The highest BCUT2D eigenvalue weighted by Crippen LogP contribution is 2.27. The van der Waals surface area contributed by atoms with E-state index in [1.807, 2.05) is 34.1 Å². The SMILES string of the molecule is Cc1ccc(N(/C=N/N=C(\N)N(c2ccc(C)cc2)c2ccc(C)cc2)c2ccc(C)cc2)cc1. The molecular formula is C30H31N5. The summed E-state index contributed by atoms with van der Waals surface area (Å²) in [6.07, 6.45) is 1.70. The third-order valence-electron chi connectivity index (χ3n) is 5.77. The van der Waals surface area contributed by atoms with Crippen molar-refractivity contribution >= 4 is 35.0 Å². The minimum Gasteiger partial charge on any atom is -0.368 e. The molecule has 0 atom stereocenters. The van der Waals surface area contributed by atoms with Gasteiger partial charge in [-0.2, -0.15) is 0 Å². The molecule has 0 heterocycles. The average molecular weight is 462 g/mol. The Bertz CT molecular complexity index is 1210. The molecule has 176 valence electrons. The maximum absolute atomic E-state index is 6.51. The van der Waals surface area contributed by atoms with Gasteiger partial charge in [0.25, 0.3) is 0 Å². The highest BCUT2D eigenvalue weighted by Gasteiger charge is 2.14. The van der Waals surface area contributed by atoms with E-state index in [2.05, 4.69) is 111 Å². The van der Waals surface area contributed by atoms with E-state index >= 15 is 0 Å². The summed E-state index contributed by atoms with van der Waals surface area (Å²) in [5.74, 6) is 0.279. The molecule has 35 heavy (non-hydrogen) atoms.